The Morgan fingerprint density at radius 3 is 2.58 bits per heavy atom. The number of aliphatic hydroxyl groups excluding tert-OH is 1. The van der Waals surface area contributed by atoms with Crippen LogP contribution < -0.4 is 9.64 Å². The average Bonchev–Trinajstić information content (AvgIpc) is 3.33. The third-order valence-corrected chi connectivity index (χ3v) is 5.70. The summed E-state index contributed by atoms with van der Waals surface area (Å²) in [5.74, 6) is -1.12. The molecule has 0 aliphatic carbocycles. The molecule has 1 fully saturated rings. The number of rotatable bonds is 6. The lowest BCUT2D eigenvalue weighted by molar-refractivity contribution is -0.132. The van der Waals surface area contributed by atoms with Crippen LogP contribution in [-0.2, 0) is 9.59 Å². The van der Waals surface area contributed by atoms with Crippen LogP contribution in [0.15, 0.2) is 60.2 Å². The molecule has 8 heteroatoms. The van der Waals surface area contributed by atoms with Crippen LogP contribution in [0, 0.1) is 6.92 Å². The van der Waals surface area contributed by atoms with Gasteiger partial charge in [0.1, 0.15) is 16.5 Å². The molecule has 1 atom stereocenters. The van der Waals surface area contributed by atoms with E-state index in [4.69, 9.17) is 4.74 Å². The Bertz CT molecular complexity index is 1160. The number of hydrogen-bond acceptors (Lipinski definition) is 7. The first-order valence-corrected chi connectivity index (χ1v) is 10.7. The molecule has 2 heterocycles. The Hall–Kier alpha value is -3.52. The zero-order chi connectivity index (χ0) is 22.0. The molecular formula is C23H21N3O4S. The van der Waals surface area contributed by atoms with Crippen molar-refractivity contribution in [2.24, 2.45) is 0 Å². The summed E-state index contributed by atoms with van der Waals surface area (Å²) >= 11 is 1.21. The van der Waals surface area contributed by atoms with Crippen LogP contribution in [0.25, 0.3) is 5.76 Å². The van der Waals surface area contributed by atoms with Crippen LogP contribution in [0.4, 0.5) is 5.13 Å². The smallest absolute Gasteiger partial charge is 0.301 e. The van der Waals surface area contributed by atoms with Crippen molar-refractivity contribution in [1.82, 2.24) is 10.2 Å². The Balaban J connectivity index is 1.90. The first kappa shape index (κ1) is 20.7. The van der Waals surface area contributed by atoms with Gasteiger partial charge in [-0.1, -0.05) is 60.7 Å². The summed E-state index contributed by atoms with van der Waals surface area (Å²) in [5.41, 5.74) is 1.10. The van der Waals surface area contributed by atoms with E-state index in [1.807, 2.05) is 19.1 Å². The van der Waals surface area contributed by atoms with Gasteiger partial charge in [0.2, 0.25) is 5.13 Å². The topological polar surface area (TPSA) is 92.6 Å². The van der Waals surface area contributed by atoms with E-state index in [0.717, 1.165) is 6.42 Å². The predicted molar refractivity (Wildman–Crippen MR) is 118 cm³/mol. The van der Waals surface area contributed by atoms with Gasteiger partial charge < -0.3 is 9.84 Å². The van der Waals surface area contributed by atoms with Crippen molar-refractivity contribution in [3.8, 4) is 5.75 Å². The highest BCUT2D eigenvalue weighted by Gasteiger charge is 2.48. The van der Waals surface area contributed by atoms with E-state index in [0.29, 0.717) is 33.6 Å². The summed E-state index contributed by atoms with van der Waals surface area (Å²) in [6.07, 6.45) is 0.848. The largest absolute Gasteiger partial charge is 0.507 e. The minimum absolute atomic E-state index is 0.0108. The highest BCUT2D eigenvalue weighted by atomic mass is 32.1. The highest BCUT2D eigenvalue weighted by molar-refractivity contribution is 7.15. The van der Waals surface area contributed by atoms with Crippen molar-refractivity contribution >= 4 is 33.9 Å². The number of nitrogens with zero attached hydrogens (tertiary/aromatic N) is 3. The van der Waals surface area contributed by atoms with E-state index >= 15 is 0 Å². The van der Waals surface area contributed by atoms with Crippen LogP contribution >= 0.6 is 11.3 Å². The Kier molecular flexibility index (Phi) is 5.81. The number of anilines is 1. The molecule has 1 saturated heterocycles. The molecule has 2 aromatic carbocycles. The van der Waals surface area contributed by atoms with Crippen molar-refractivity contribution in [3.05, 3.63) is 76.3 Å². The molecule has 158 valence electrons. The van der Waals surface area contributed by atoms with E-state index < -0.39 is 17.7 Å². The maximum absolute atomic E-state index is 13.1. The molecule has 4 rings (SSSR count). The maximum atomic E-state index is 13.1. The fraction of sp³-hybridized carbons (Fsp3) is 0.217. The van der Waals surface area contributed by atoms with Crippen molar-refractivity contribution < 1.29 is 19.4 Å². The summed E-state index contributed by atoms with van der Waals surface area (Å²) in [5, 5.41) is 20.1. The number of ketones is 1. The number of aromatic nitrogens is 2. The van der Waals surface area contributed by atoms with Gasteiger partial charge in [0.15, 0.2) is 0 Å². The zero-order valence-electron chi connectivity index (χ0n) is 17.1. The number of aryl methyl sites for hydroxylation is 1. The molecule has 0 bridgehead atoms. The summed E-state index contributed by atoms with van der Waals surface area (Å²) < 4.78 is 5.74. The van der Waals surface area contributed by atoms with Gasteiger partial charge in [0.25, 0.3) is 5.78 Å². The molecule has 0 saturated carbocycles. The number of amides is 1. The van der Waals surface area contributed by atoms with Crippen LogP contribution in [0.2, 0.25) is 0 Å². The molecule has 0 spiro atoms. The van der Waals surface area contributed by atoms with E-state index in [1.165, 1.54) is 16.2 Å². The van der Waals surface area contributed by atoms with Crippen molar-refractivity contribution in [2.45, 2.75) is 26.3 Å². The van der Waals surface area contributed by atoms with Gasteiger partial charge in [0.05, 0.1) is 18.2 Å². The number of carbonyl (C=O) groups excluding carboxylic acids is 2. The lowest BCUT2D eigenvalue weighted by atomic mass is 9.95. The molecule has 1 aromatic heterocycles. The third-order valence-electron chi connectivity index (χ3n) is 4.86. The van der Waals surface area contributed by atoms with Crippen molar-refractivity contribution in [1.29, 1.82) is 0 Å². The van der Waals surface area contributed by atoms with E-state index in [9.17, 15) is 14.7 Å². The second kappa shape index (κ2) is 8.69. The van der Waals surface area contributed by atoms with Crippen LogP contribution in [0.1, 0.15) is 35.5 Å². The van der Waals surface area contributed by atoms with Gasteiger partial charge in [-0.2, -0.15) is 0 Å². The predicted octanol–water partition coefficient (Wildman–Crippen LogP) is 4.26. The van der Waals surface area contributed by atoms with Gasteiger partial charge >= 0.3 is 5.91 Å². The second-order valence-electron chi connectivity index (χ2n) is 7.06. The number of Topliss-reactive ketones (excluding diaryl/α,β-unsaturated/α-hetero) is 1. The van der Waals surface area contributed by atoms with E-state index in [1.54, 1.807) is 49.4 Å². The molecule has 3 aromatic rings. The number of hydrogen-bond donors (Lipinski definition) is 1. The summed E-state index contributed by atoms with van der Waals surface area (Å²) in [7, 11) is 0. The number of aliphatic hydroxyl groups is 1. The van der Waals surface area contributed by atoms with Gasteiger partial charge in [-0.25, -0.2) is 0 Å². The number of carbonyl (C=O) groups is 2. The van der Waals surface area contributed by atoms with Gasteiger partial charge in [-0.15, -0.1) is 10.2 Å². The monoisotopic (exact) mass is 435 g/mol. The normalized spacial score (nSPS) is 17.9. The Labute approximate surface area is 183 Å². The van der Waals surface area contributed by atoms with Crippen LogP contribution in [0.5, 0.6) is 5.75 Å². The first-order chi connectivity index (χ1) is 15.0. The van der Waals surface area contributed by atoms with Gasteiger partial charge in [-0.05, 0) is 31.0 Å². The molecular weight excluding hydrogens is 414 g/mol. The van der Waals surface area contributed by atoms with Crippen molar-refractivity contribution in [3.63, 3.8) is 0 Å². The molecule has 0 radical (unpaired) electrons. The second-order valence-corrected chi connectivity index (χ2v) is 8.22. The average molecular weight is 436 g/mol. The molecule has 1 aliphatic rings. The summed E-state index contributed by atoms with van der Waals surface area (Å²) in [6.45, 7) is 4.33. The Morgan fingerprint density at radius 2 is 1.90 bits per heavy atom. The minimum atomic E-state index is -0.849. The van der Waals surface area contributed by atoms with E-state index in [2.05, 4.69) is 10.2 Å². The lowest BCUT2D eigenvalue weighted by Gasteiger charge is -2.23. The quantitative estimate of drug-likeness (QED) is 0.353. The molecule has 1 amide bonds. The van der Waals surface area contributed by atoms with Gasteiger partial charge in [0, 0.05) is 5.56 Å². The fourth-order valence-electron chi connectivity index (χ4n) is 3.47. The van der Waals surface area contributed by atoms with Crippen molar-refractivity contribution in [2.75, 3.05) is 11.5 Å². The summed E-state index contributed by atoms with van der Waals surface area (Å²) in [6, 6.07) is 15.1. The summed E-state index contributed by atoms with van der Waals surface area (Å²) in [4.78, 5) is 27.4. The maximum Gasteiger partial charge on any atom is 0.301 e. The molecule has 31 heavy (non-hydrogen) atoms. The minimum Gasteiger partial charge on any atom is -0.507 e. The lowest BCUT2D eigenvalue weighted by Crippen LogP contribution is -2.29. The first-order valence-electron chi connectivity index (χ1n) is 9.90. The van der Waals surface area contributed by atoms with Crippen LogP contribution in [-0.4, -0.2) is 33.6 Å². The molecule has 1 aliphatic heterocycles. The van der Waals surface area contributed by atoms with E-state index in [-0.39, 0.29) is 11.3 Å². The Morgan fingerprint density at radius 1 is 1.13 bits per heavy atom. The number of ether oxygens (including phenoxy) is 1. The highest BCUT2D eigenvalue weighted by Crippen LogP contribution is 2.43. The molecule has 7 nitrogen and oxygen atoms in total. The molecule has 1 unspecified atom stereocenters. The molecule has 1 N–H and O–H groups in total. The fourth-order valence-corrected chi connectivity index (χ4v) is 4.19. The van der Waals surface area contributed by atoms with Crippen LogP contribution in [0.3, 0.4) is 0 Å². The SMILES string of the molecule is CCCOc1cccc(C2/C(=C(\O)c3ccccc3)C(=O)C(=O)N2c2nnc(C)s2)c1. The van der Waals surface area contributed by atoms with Gasteiger partial charge in [-0.3, -0.25) is 14.5 Å². The number of benzene rings is 2. The standard InChI is InChI=1S/C23H21N3O4S/c1-3-12-30-17-11-7-10-16(13-17)19-18(20(27)15-8-5-4-6-9-15)21(28)22(29)26(19)23-25-24-14(2)31-23/h4-11,13,19,27H,3,12H2,1-2H3/b20-18+. The zero-order valence-corrected chi connectivity index (χ0v) is 17.9. The third kappa shape index (κ3) is 3.94.